The molecule has 1 aliphatic carbocycles. The second-order valence-electron chi connectivity index (χ2n) is 5.38. The van der Waals surface area contributed by atoms with Crippen molar-refractivity contribution >= 4 is 0 Å². The van der Waals surface area contributed by atoms with Gasteiger partial charge < -0.3 is 0 Å². The Morgan fingerprint density at radius 1 is 1.25 bits per heavy atom. The van der Waals surface area contributed by atoms with Gasteiger partial charge in [0, 0.05) is 0 Å². The van der Waals surface area contributed by atoms with Gasteiger partial charge in [0.25, 0.3) is 0 Å². The third kappa shape index (κ3) is 2.84. The Bertz CT molecular complexity index is 203. The van der Waals surface area contributed by atoms with Gasteiger partial charge in [0.15, 0.2) is 0 Å². The van der Waals surface area contributed by atoms with Gasteiger partial charge in [-0.3, -0.25) is 0 Å². The monoisotopic (exact) mass is 164 g/mol. The SMILES string of the molecule is CC(C)(C)CC1(C)C=CC=CC1. The first-order valence-electron chi connectivity index (χ1n) is 4.76. The third-order valence-electron chi connectivity index (χ3n) is 2.26. The number of hydrogen-bond acceptors (Lipinski definition) is 0. The summed E-state index contributed by atoms with van der Waals surface area (Å²) in [5, 5.41) is 0. The van der Waals surface area contributed by atoms with E-state index >= 15 is 0 Å². The van der Waals surface area contributed by atoms with Crippen LogP contribution in [-0.4, -0.2) is 0 Å². The molecule has 0 aliphatic heterocycles. The van der Waals surface area contributed by atoms with Gasteiger partial charge in [0.2, 0.25) is 0 Å². The highest BCUT2D eigenvalue weighted by molar-refractivity contribution is 5.15. The molecule has 0 N–H and O–H groups in total. The van der Waals surface area contributed by atoms with Crippen LogP contribution in [0.4, 0.5) is 0 Å². The molecule has 0 amide bonds. The van der Waals surface area contributed by atoms with Crippen molar-refractivity contribution in [2.45, 2.75) is 40.5 Å². The maximum Gasteiger partial charge on any atom is -0.0104 e. The molecule has 0 radical (unpaired) electrons. The summed E-state index contributed by atoms with van der Waals surface area (Å²) in [6.45, 7) is 9.28. The van der Waals surface area contributed by atoms with Crippen LogP contribution >= 0.6 is 0 Å². The molecule has 1 atom stereocenters. The normalized spacial score (nSPS) is 29.3. The van der Waals surface area contributed by atoms with Crippen LogP contribution in [0.5, 0.6) is 0 Å². The lowest BCUT2D eigenvalue weighted by Crippen LogP contribution is -2.22. The maximum absolute atomic E-state index is 2.35. The smallest absolute Gasteiger partial charge is 0.0104 e. The Morgan fingerprint density at radius 3 is 2.33 bits per heavy atom. The van der Waals surface area contributed by atoms with Crippen LogP contribution in [0.1, 0.15) is 40.5 Å². The van der Waals surface area contributed by atoms with Crippen molar-refractivity contribution in [1.29, 1.82) is 0 Å². The van der Waals surface area contributed by atoms with Gasteiger partial charge in [-0.25, -0.2) is 0 Å². The summed E-state index contributed by atoms with van der Waals surface area (Å²) in [4.78, 5) is 0. The lowest BCUT2D eigenvalue weighted by atomic mass is 9.72. The Balaban J connectivity index is 2.62. The summed E-state index contributed by atoms with van der Waals surface area (Å²) in [5.41, 5.74) is 0.831. The van der Waals surface area contributed by atoms with Gasteiger partial charge in [-0.2, -0.15) is 0 Å². The van der Waals surface area contributed by atoms with Crippen LogP contribution in [0, 0.1) is 10.8 Å². The molecule has 0 heteroatoms. The number of rotatable bonds is 1. The van der Waals surface area contributed by atoms with Gasteiger partial charge in [-0.1, -0.05) is 52.0 Å². The Morgan fingerprint density at radius 2 is 1.92 bits per heavy atom. The average Bonchev–Trinajstić information content (AvgIpc) is 1.83. The van der Waals surface area contributed by atoms with Crippen LogP contribution in [0.3, 0.4) is 0 Å². The molecule has 0 aromatic heterocycles. The largest absolute Gasteiger partial charge is 0.0837 e. The second-order valence-corrected chi connectivity index (χ2v) is 5.38. The predicted octanol–water partition coefficient (Wildman–Crippen LogP) is 3.95. The zero-order valence-corrected chi connectivity index (χ0v) is 8.72. The van der Waals surface area contributed by atoms with Gasteiger partial charge in [-0.05, 0) is 23.7 Å². The summed E-state index contributed by atoms with van der Waals surface area (Å²) in [5.74, 6) is 0. The zero-order chi connectivity index (χ0) is 9.24. The Labute approximate surface area is 76.4 Å². The summed E-state index contributed by atoms with van der Waals surface area (Å²) in [7, 11) is 0. The minimum Gasteiger partial charge on any atom is -0.0837 e. The molecule has 12 heavy (non-hydrogen) atoms. The molecule has 1 aliphatic rings. The molecule has 0 nitrogen and oxygen atoms in total. The molecule has 0 spiro atoms. The van der Waals surface area contributed by atoms with Gasteiger partial charge in [0.1, 0.15) is 0 Å². The minimum atomic E-state index is 0.396. The van der Waals surface area contributed by atoms with E-state index in [0.29, 0.717) is 10.8 Å². The van der Waals surface area contributed by atoms with Gasteiger partial charge in [-0.15, -0.1) is 0 Å². The lowest BCUT2D eigenvalue weighted by molar-refractivity contribution is 0.243. The molecule has 1 unspecified atom stereocenters. The Kier molecular flexibility index (Phi) is 2.46. The molecule has 0 saturated heterocycles. The zero-order valence-electron chi connectivity index (χ0n) is 8.72. The van der Waals surface area contributed by atoms with Crippen LogP contribution in [0.15, 0.2) is 24.3 Å². The Hall–Kier alpha value is -0.520. The summed E-state index contributed by atoms with van der Waals surface area (Å²) in [6.07, 6.45) is 11.4. The quantitative estimate of drug-likeness (QED) is 0.550. The first kappa shape index (κ1) is 9.57. The van der Waals surface area contributed by atoms with Crippen molar-refractivity contribution < 1.29 is 0 Å². The van der Waals surface area contributed by atoms with Crippen molar-refractivity contribution in [3.05, 3.63) is 24.3 Å². The third-order valence-corrected chi connectivity index (χ3v) is 2.26. The minimum absolute atomic E-state index is 0.396. The van der Waals surface area contributed by atoms with Crippen LogP contribution in [0.25, 0.3) is 0 Å². The fourth-order valence-corrected chi connectivity index (χ4v) is 2.11. The molecule has 1 rings (SSSR count). The van der Waals surface area contributed by atoms with Crippen molar-refractivity contribution in [2.24, 2.45) is 10.8 Å². The molecular weight excluding hydrogens is 144 g/mol. The topological polar surface area (TPSA) is 0 Å². The highest BCUT2D eigenvalue weighted by atomic mass is 14.3. The van der Waals surface area contributed by atoms with E-state index in [4.69, 9.17) is 0 Å². The van der Waals surface area contributed by atoms with Crippen molar-refractivity contribution in [3.63, 3.8) is 0 Å². The standard InChI is InChI=1S/C12H20/c1-11(2,3)10-12(4)8-6-5-7-9-12/h5-8H,9-10H2,1-4H3. The molecule has 0 aromatic rings. The van der Waals surface area contributed by atoms with Crippen molar-refractivity contribution in [2.75, 3.05) is 0 Å². The fourth-order valence-electron chi connectivity index (χ4n) is 2.11. The van der Waals surface area contributed by atoms with Crippen LogP contribution in [-0.2, 0) is 0 Å². The average molecular weight is 164 g/mol. The van der Waals surface area contributed by atoms with E-state index in [2.05, 4.69) is 52.0 Å². The first-order chi connectivity index (χ1) is 5.41. The number of hydrogen-bond donors (Lipinski definition) is 0. The second kappa shape index (κ2) is 3.08. The van der Waals surface area contributed by atoms with E-state index in [0.717, 1.165) is 0 Å². The number of allylic oxidation sites excluding steroid dienone is 4. The molecular formula is C12H20. The predicted molar refractivity (Wildman–Crippen MR) is 55.1 cm³/mol. The molecule has 0 heterocycles. The molecule has 0 bridgehead atoms. The van der Waals surface area contributed by atoms with E-state index in [1.807, 2.05) is 0 Å². The fraction of sp³-hybridized carbons (Fsp3) is 0.667. The van der Waals surface area contributed by atoms with E-state index < -0.39 is 0 Å². The summed E-state index contributed by atoms with van der Waals surface area (Å²) >= 11 is 0. The molecule has 0 aromatic carbocycles. The first-order valence-corrected chi connectivity index (χ1v) is 4.76. The van der Waals surface area contributed by atoms with Crippen LogP contribution in [0.2, 0.25) is 0 Å². The van der Waals surface area contributed by atoms with Crippen molar-refractivity contribution in [1.82, 2.24) is 0 Å². The summed E-state index contributed by atoms with van der Waals surface area (Å²) < 4.78 is 0. The maximum atomic E-state index is 2.35. The highest BCUT2D eigenvalue weighted by Gasteiger charge is 2.27. The lowest BCUT2D eigenvalue weighted by Gasteiger charge is -2.33. The van der Waals surface area contributed by atoms with E-state index in [-0.39, 0.29) is 0 Å². The summed E-state index contributed by atoms with van der Waals surface area (Å²) in [6, 6.07) is 0. The molecule has 68 valence electrons. The van der Waals surface area contributed by atoms with Crippen molar-refractivity contribution in [3.8, 4) is 0 Å². The molecule has 0 saturated carbocycles. The van der Waals surface area contributed by atoms with Gasteiger partial charge in [0.05, 0.1) is 0 Å². The van der Waals surface area contributed by atoms with Gasteiger partial charge >= 0.3 is 0 Å². The van der Waals surface area contributed by atoms with E-state index in [1.165, 1.54) is 12.8 Å². The van der Waals surface area contributed by atoms with E-state index in [9.17, 15) is 0 Å². The van der Waals surface area contributed by atoms with E-state index in [1.54, 1.807) is 0 Å². The highest BCUT2D eigenvalue weighted by Crippen LogP contribution is 2.38. The molecule has 0 fully saturated rings. The van der Waals surface area contributed by atoms with Crippen LogP contribution < -0.4 is 0 Å².